The third kappa shape index (κ3) is 2.57. The first-order valence-corrected chi connectivity index (χ1v) is 7.06. The molecule has 1 saturated carbocycles. The number of carbonyl (C=O) groups is 1. The molecular formula is C15H18Cl2O. The van der Waals surface area contributed by atoms with Crippen LogP contribution in [-0.4, -0.2) is 15.5 Å². The van der Waals surface area contributed by atoms with E-state index < -0.39 is 9.75 Å². The fraction of sp³-hybridized carbons (Fsp3) is 0.533. The van der Waals surface area contributed by atoms with Gasteiger partial charge >= 0.3 is 0 Å². The Bertz CT molecular complexity index is 437. The van der Waals surface area contributed by atoms with E-state index in [0.29, 0.717) is 6.42 Å². The van der Waals surface area contributed by atoms with Gasteiger partial charge in [0, 0.05) is 0 Å². The molecule has 0 saturated heterocycles. The molecule has 18 heavy (non-hydrogen) atoms. The number of alkyl halides is 2. The quantitative estimate of drug-likeness (QED) is 0.744. The smallest absolute Gasteiger partial charge is 0.174 e. The summed E-state index contributed by atoms with van der Waals surface area (Å²) in [6.45, 7) is 3.58. The van der Waals surface area contributed by atoms with Crippen molar-refractivity contribution in [1.29, 1.82) is 0 Å². The molecular weight excluding hydrogens is 267 g/mol. The molecule has 0 aliphatic heterocycles. The molecule has 1 nitrogen and oxygen atoms in total. The lowest BCUT2D eigenvalue weighted by molar-refractivity contribution is -0.127. The second-order valence-corrected chi connectivity index (χ2v) is 7.15. The third-order valence-corrected chi connectivity index (χ3v) is 4.81. The van der Waals surface area contributed by atoms with Crippen LogP contribution in [0.25, 0.3) is 0 Å². The van der Waals surface area contributed by atoms with Crippen LogP contribution in [0.3, 0.4) is 0 Å². The van der Waals surface area contributed by atoms with Crippen LogP contribution >= 0.6 is 23.2 Å². The number of carbonyl (C=O) groups excluding carboxylic acids is 1. The fourth-order valence-electron chi connectivity index (χ4n) is 2.72. The van der Waals surface area contributed by atoms with Gasteiger partial charge in [0.25, 0.3) is 0 Å². The number of halogens is 2. The standard InChI is InChI=1S/C15H18Cl2O/c1-14(16)9-8-12(15(2,17)13(14)18)10-11-6-4-3-5-7-11/h3-7,12H,8-10H2,1-2H3. The molecule has 98 valence electrons. The highest BCUT2D eigenvalue weighted by atomic mass is 35.5. The first-order chi connectivity index (χ1) is 8.34. The predicted octanol–water partition coefficient (Wildman–Crippen LogP) is 4.20. The second-order valence-electron chi connectivity index (χ2n) is 5.53. The summed E-state index contributed by atoms with van der Waals surface area (Å²) in [4.78, 5) is 10.6. The zero-order chi connectivity index (χ0) is 13.4. The Kier molecular flexibility index (Phi) is 3.75. The Morgan fingerprint density at radius 2 is 1.83 bits per heavy atom. The summed E-state index contributed by atoms with van der Waals surface area (Å²) in [6.07, 6.45) is 2.42. The molecule has 0 bridgehead atoms. The minimum atomic E-state index is -0.857. The minimum absolute atomic E-state index is 0.0366. The molecule has 1 aliphatic carbocycles. The summed E-state index contributed by atoms with van der Waals surface area (Å²) in [7, 11) is 0. The van der Waals surface area contributed by atoms with E-state index in [4.69, 9.17) is 23.2 Å². The van der Waals surface area contributed by atoms with Crippen molar-refractivity contribution in [2.24, 2.45) is 5.92 Å². The molecule has 3 heteroatoms. The van der Waals surface area contributed by atoms with Crippen LogP contribution in [0.15, 0.2) is 30.3 Å². The van der Waals surface area contributed by atoms with E-state index in [1.165, 1.54) is 5.56 Å². The number of hydrogen-bond donors (Lipinski definition) is 0. The summed E-state index contributed by atoms with van der Waals surface area (Å²) in [5.74, 6) is 0.117. The molecule has 0 amide bonds. The fourth-order valence-corrected chi connectivity index (χ4v) is 3.47. The number of rotatable bonds is 2. The van der Waals surface area contributed by atoms with Crippen LogP contribution in [0.2, 0.25) is 0 Å². The highest BCUT2D eigenvalue weighted by Crippen LogP contribution is 2.44. The molecule has 3 atom stereocenters. The molecule has 3 unspecified atom stereocenters. The van der Waals surface area contributed by atoms with Crippen LogP contribution in [0, 0.1) is 5.92 Å². The summed E-state index contributed by atoms with van der Waals surface area (Å²) in [5.41, 5.74) is 1.22. The van der Waals surface area contributed by atoms with Crippen molar-refractivity contribution < 1.29 is 4.79 Å². The van der Waals surface area contributed by atoms with Gasteiger partial charge in [-0.2, -0.15) is 0 Å². The Hall–Kier alpha value is -0.530. The zero-order valence-corrected chi connectivity index (χ0v) is 12.3. The van der Waals surface area contributed by atoms with Crippen molar-refractivity contribution in [3.8, 4) is 0 Å². The Balaban J connectivity index is 2.18. The predicted molar refractivity (Wildman–Crippen MR) is 76.4 cm³/mol. The average molecular weight is 285 g/mol. The SMILES string of the molecule is CC1(Cl)CCC(Cc2ccccc2)C(C)(Cl)C1=O. The largest absolute Gasteiger partial charge is 0.296 e. The number of Topliss-reactive ketones (excluding diaryl/α,β-unsaturated/α-hetero) is 1. The van der Waals surface area contributed by atoms with Gasteiger partial charge in [-0.1, -0.05) is 30.3 Å². The highest BCUT2D eigenvalue weighted by Gasteiger charge is 2.51. The summed E-state index contributed by atoms with van der Waals surface area (Å²) in [6, 6.07) is 10.2. The van der Waals surface area contributed by atoms with Crippen LogP contribution in [0.4, 0.5) is 0 Å². The van der Waals surface area contributed by atoms with Gasteiger partial charge < -0.3 is 0 Å². The normalized spacial score (nSPS) is 36.7. The van der Waals surface area contributed by atoms with E-state index in [1.807, 2.05) is 25.1 Å². The Labute approximate surface area is 118 Å². The molecule has 1 fully saturated rings. The van der Waals surface area contributed by atoms with E-state index in [0.717, 1.165) is 12.8 Å². The monoisotopic (exact) mass is 284 g/mol. The first-order valence-electron chi connectivity index (χ1n) is 6.31. The van der Waals surface area contributed by atoms with Crippen LogP contribution in [0.1, 0.15) is 32.3 Å². The third-order valence-electron chi connectivity index (χ3n) is 3.97. The van der Waals surface area contributed by atoms with E-state index in [2.05, 4.69) is 12.1 Å². The van der Waals surface area contributed by atoms with E-state index in [-0.39, 0.29) is 11.7 Å². The molecule has 1 aliphatic rings. The van der Waals surface area contributed by atoms with E-state index >= 15 is 0 Å². The molecule has 1 aromatic rings. The minimum Gasteiger partial charge on any atom is -0.296 e. The number of hydrogen-bond acceptors (Lipinski definition) is 1. The molecule has 1 aromatic carbocycles. The van der Waals surface area contributed by atoms with Crippen molar-refractivity contribution in [2.75, 3.05) is 0 Å². The van der Waals surface area contributed by atoms with Crippen LogP contribution < -0.4 is 0 Å². The zero-order valence-electron chi connectivity index (χ0n) is 10.7. The second kappa shape index (κ2) is 4.86. The van der Waals surface area contributed by atoms with Gasteiger partial charge in [0.2, 0.25) is 0 Å². The van der Waals surface area contributed by atoms with Crippen molar-refractivity contribution in [1.82, 2.24) is 0 Å². The number of benzene rings is 1. The number of ketones is 1. The molecule has 2 rings (SSSR count). The molecule has 0 heterocycles. The highest BCUT2D eigenvalue weighted by molar-refractivity contribution is 6.45. The van der Waals surface area contributed by atoms with Gasteiger partial charge in [0.1, 0.15) is 9.75 Å². The van der Waals surface area contributed by atoms with Crippen molar-refractivity contribution in [3.05, 3.63) is 35.9 Å². The average Bonchev–Trinajstić information content (AvgIpc) is 2.33. The van der Waals surface area contributed by atoms with E-state index in [9.17, 15) is 4.79 Å². The van der Waals surface area contributed by atoms with Crippen molar-refractivity contribution in [2.45, 2.75) is 42.9 Å². The van der Waals surface area contributed by atoms with Gasteiger partial charge in [-0.25, -0.2) is 0 Å². The maximum atomic E-state index is 12.3. The van der Waals surface area contributed by atoms with E-state index in [1.54, 1.807) is 6.92 Å². The molecule has 0 N–H and O–H groups in total. The summed E-state index contributed by atoms with van der Waals surface area (Å²) in [5, 5.41) is 0. The topological polar surface area (TPSA) is 17.1 Å². The Morgan fingerprint density at radius 1 is 1.22 bits per heavy atom. The lowest BCUT2D eigenvalue weighted by Gasteiger charge is -2.41. The molecule has 0 spiro atoms. The van der Waals surface area contributed by atoms with Crippen molar-refractivity contribution in [3.63, 3.8) is 0 Å². The maximum absolute atomic E-state index is 12.3. The lowest BCUT2D eigenvalue weighted by atomic mass is 9.71. The summed E-state index contributed by atoms with van der Waals surface area (Å²) < 4.78 is 0. The molecule has 0 aromatic heterocycles. The van der Waals surface area contributed by atoms with Gasteiger partial charge in [-0.05, 0) is 44.6 Å². The van der Waals surface area contributed by atoms with Gasteiger partial charge in [-0.3, -0.25) is 4.79 Å². The van der Waals surface area contributed by atoms with Gasteiger partial charge in [-0.15, -0.1) is 23.2 Å². The first kappa shape index (κ1) is 13.9. The van der Waals surface area contributed by atoms with Crippen LogP contribution in [0.5, 0.6) is 0 Å². The molecule has 0 radical (unpaired) electrons. The van der Waals surface area contributed by atoms with Gasteiger partial charge in [0.05, 0.1) is 0 Å². The van der Waals surface area contributed by atoms with Crippen LogP contribution in [-0.2, 0) is 11.2 Å². The lowest BCUT2D eigenvalue weighted by Crippen LogP contribution is -2.52. The summed E-state index contributed by atoms with van der Waals surface area (Å²) >= 11 is 12.7. The Morgan fingerprint density at radius 3 is 2.44 bits per heavy atom. The van der Waals surface area contributed by atoms with Gasteiger partial charge in [0.15, 0.2) is 5.78 Å². The maximum Gasteiger partial charge on any atom is 0.174 e. The van der Waals surface area contributed by atoms with Crippen molar-refractivity contribution >= 4 is 29.0 Å².